The van der Waals surface area contributed by atoms with Crippen molar-refractivity contribution in [2.24, 2.45) is 0 Å². The summed E-state index contributed by atoms with van der Waals surface area (Å²) in [7, 11) is 0. The van der Waals surface area contributed by atoms with E-state index in [-0.39, 0.29) is 5.78 Å². The smallest absolute Gasteiger partial charge is 0.196 e. The normalized spacial score (nSPS) is 10.6. The first kappa shape index (κ1) is 12.1. The van der Waals surface area contributed by atoms with Crippen LogP contribution in [-0.4, -0.2) is 5.78 Å². The van der Waals surface area contributed by atoms with E-state index in [9.17, 15) is 4.79 Å². The summed E-state index contributed by atoms with van der Waals surface area (Å²) >= 11 is 3.46. The average Bonchev–Trinajstić information content (AvgIpc) is 2.69. The molecule has 0 unspecified atom stereocenters. The van der Waals surface area contributed by atoms with Gasteiger partial charge in [0.25, 0.3) is 0 Å². The molecule has 0 bridgehead atoms. The number of furan rings is 1. The van der Waals surface area contributed by atoms with Gasteiger partial charge in [-0.2, -0.15) is 0 Å². The van der Waals surface area contributed by atoms with Gasteiger partial charge in [-0.1, -0.05) is 15.9 Å². The van der Waals surface area contributed by atoms with Gasteiger partial charge in [-0.25, -0.2) is 0 Å². The van der Waals surface area contributed by atoms with E-state index in [0.29, 0.717) is 11.3 Å². The minimum Gasteiger partial charge on any atom is -0.469 e. The van der Waals surface area contributed by atoms with E-state index in [1.807, 2.05) is 26.0 Å². The standard InChI is InChI=1S/C14H13BrO2/c1-8-7-13(15)9(2)6-12(8)14(16)11-4-5-17-10(11)3/h4-7H,1-3H3. The number of carbonyl (C=O) groups excluding carboxylic acids is 1. The van der Waals surface area contributed by atoms with Crippen LogP contribution < -0.4 is 0 Å². The lowest BCUT2D eigenvalue weighted by molar-refractivity contribution is 0.103. The zero-order valence-corrected chi connectivity index (χ0v) is 11.6. The maximum absolute atomic E-state index is 12.3. The van der Waals surface area contributed by atoms with Gasteiger partial charge >= 0.3 is 0 Å². The van der Waals surface area contributed by atoms with Crippen molar-refractivity contribution in [1.82, 2.24) is 0 Å². The molecule has 0 radical (unpaired) electrons. The lowest BCUT2D eigenvalue weighted by Crippen LogP contribution is -2.04. The highest BCUT2D eigenvalue weighted by Crippen LogP contribution is 2.24. The number of rotatable bonds is 2. The Morgan fingerprint density at radius 2 is 1.82 bits per heavy atom. The lowest BCUT2D eigenvalue weighted by atomic mass is 9.98. The molecule has 0 N–H and O–H groups in total. The number of carbonyl (C=O) groups is 1. The fourth-order valence-corrected chi connectivity index (χ4v) is 2.25. The van der Waals surface area contributed by atoms with Gasteiger partial charge in [0.15, 0.2) is 5.78 Å². The molecular formula is C14H13BrO2. The summed E-state index contributed by atoms with van der Waals surface area (Å²) < 4.78 is 6.19. The minimum atomic E-state index is 0.0179. The summed E-state index contributed by atoms with van der Waals surface area (Å²) in [5.74, 6) is 0.680. The van der Waals surface area contributed by atoms with E-state index >= 15 is 0 Å². The van der Waals surface area contributed by atoms with Crippen molar-refractivity contribution in [2.75, 3.05) is 0 Å². The molecule has 2 nitrogen and oxygen atoms in total. The van der Waals surface area contributed by atoms with E-state index in [1.54, 1.807) is 19.3 Å². The second-order valence-corrected chi connectivity index (χ2v) is 4.99. The van der Waals surface area contributed by atoms with Crippen LogP contribution in [0.15, 0.2) is 33.4 Å². The van der Waals surface area contributed by atoms with Gasteiger partial charge in [0.05, 0.1) is 11.8 Å². The second kappa shape index (κ2) is 4.49. The Labute approximate surface area is 109 Å². The third-order valence-electron chi connectivity index (χ3n) is 2.85. The van der Waals surface area contributed by atoms with Gasteiger partial charge in [-0.3, -0.25) is 4.79 Å². The van der Waals surface area contributed by atoms with Crippen LogP contribution in [0.2, 0.25) is 0 Å². The largest absolute Gasteiger partial charge is 0.469 e. The van der Waals surface area contributed by atoms with Crippen molar-refractivity contribution in [1.29, 1.82) is 0 Å². The van der Waals surface area contributed by atoms with E-state index in [2.05, 4.69) is 15.9 Å². The SMILES string of the molecule is Cc1cc(C(=O)c2ccoc2C)c(C)cc1Br. The van der Waals surface area contributed by atoms with Crippen LogP contribution in [-0.2, 0) is 0 Å². The van der Waals surface area contributed by atoms with Crippen LogP contribution in [0.25, 0.3) is 0 Å². The van der Waals surface area contributed by atoms with E-state index in [1.165, 1.54) is 0 Å². The average molecular weight is 293 g/mol. The first-order chi connectivity index (χ1) is 8.00. The summed E-state index contributed by atoms with van der Waals surface area (Å²) in [6.45, 7) is 5.71. The topological polar surface area (TPSA) is 30.2 Å². The number of hydrogen-bond acceptors (Lipinski definition) is 2. The highest BCUT2D eigenvalue weighted by atomic mass is 79.9. The first-order valence-electron chi connectivity index (χ1n) is 5.36. The zero-order valence-electron chi connectivity index (χ0n) is 10.0. The molecule has 88 valence electrons. The molecule has 1 aromatic carbocycles. The summed E-state index contributed by atoms with van der Waals surface area (Å²) in [6.07, 6.45) is 1.55. The summed E-state index contributed by atoms with van der Waals surface area (Å²) in [6, 6.07) is 5.60. The van der Waals surface area contributed by atoms with Crippen LogP contribution in [0.5, 0.6) is 0 Å². The number of hydrogen-bond donors (Lipinski definition) is 0. The summed E-state index contributed by atoms with van der Waals surface area (Å²) in [4.78, 5) is 12.3. The molecule has 3 heteroatoms. The third kappa shape index (κ3) is 2.20. The third-order valence-corrected chi connectivity index (χ3v) is 3.71. The molecule has 0 saturated heterocycles. The highest BCUT2D eigenvalue weighted by molar-refractivity contribution is 9.10. The van der Waals surface area contributed by atoms with Crippen LogP contribution >= 0.6 is 15.9 Å². The minimum absolute atomic E-state index is 0.0179. The molecule has 1 aromatic heterocycles. The van der Waals surface area contributed by atoms with Crippen LogP contribution in [0.3, 0.4) is 0 Å². The monoisotopic (exact) mass is 292 g/mol. The fraction of sp³-hybridized carbons (Fsp3) is 0.214. The lowest BCUT2D eigenvalue weighted by Gasteiger charge is -2.07. The first-order valence-corrected chi connectivity index (χ1v) is 6.15. The molecule has 2 aromatic rings. The Bertz CT molecular complexity index is 582. The second-order valence-electron chi connectivity index (χ2n) is 4.14. The molecule has 0 spiro atoms. The number of aryl methyl sites for hydroxylation is 3. The van der Waals surface area contributed by atoms with Gasteiger partial charge < -0.3 is 4.42 Å². The van der Waals surface area contributed by atoms with Crippen LogP contribution in [0.4, 0.5) is 0 Å². The van der Waals surface area contributed by atoms with E-state index in [0.717, 1.165) is 21.2 Å². The Kier molecular flexibility index (Phi) is 3.20. The Balaban J connectivity index is 2.52. The predicted octanol–water partition coefficient (Wildman–Crippen LogP) is 4.20. The molecule has 0 fully saturated rings. The molecule has 0 aliphatic rings. The van der Waals surface area contributed by atoms with Gasteiger partial charge in [0.1, 0.15) is 5.76 Å². The molecule has 0 aliphatic heterocycles. The van der Waals surface area contributed by atoms with Crippen molar-refractivity contribution >= 4 is 21.7 Å². The molecule has 2 rings (SSSR count). The van der Waals surface area contributed by atoms with Crippen molar-refractivity contribution < 1.29 is 9.21 Å². The molecule has 1 heterocycles. The highest BCUT2D eigenvalue weighted by Gasteiger charge is 2.16. The Hall–Kier alpha value is -1.35. The van der Waals surface area contributed by atoms with E-state index in [4.69, 9.17) is 4.42 Å². The number of benzene rings is 1. The maximum atomic E-state index is 12.3. The molecule has 0 aliphatic carbocycles. The predicted molar refractivity (Wildman–Crippen MR) is 70.5 cm³/mol. The zero-order chi connectivity index (χ0) is 12.6. The molecule has 0 amide bonds. The summed E-state index contributed by atoms with van der Waals surface area (Å²) in [5.41, 5.74) is 3.39. The van der Waals surface area contributed by atoms with Gasteiger partial charge in [-0.05, 0) is 50.1 Å². The van der Waals surface area contributed by atoms with Crippen LogP contribution in [0, 0.1) is 20.8 Å². The number of halogens is 1. The van der Waals surface area contributed by atoms with Gasteiger partial charge in [0.2, 0.25) is 0 Å². The van der Waals surface area contributed by atoms with Crippen molar-refractivity contribution in [2.45, 2.75) is 20.8 Å². The van der Waals surface area contributed by atoms with Crippen molar-refractivity contribution in [3.05, 3.63) is 56.9 Å². The van der Waals surface area contributed by atoms with Crippen molar-refractivity contribution in [3.63, 3.8) is 0 Å². The molecule has 0 atom stereocenters. The molecule has 17 heavy (non-hydrogen) atoms. The quantitative estimate of drug-likeness (QED) is 0.777. The fourth-order valence-electron chi connectivity index (χ4n) is 1.79. The van der Waals surface area contributed by atoms with Gasteiger partial charge in [0, 0.05) is 10.0 Å². The molecular weight excluding hydrogens is 280 g/mol. The van der Waals surface area contributed by atoms with E-state index < -0.39 is 0 Å². The Morgan fingerprint density at radius 1 is 1.12 bits per heavy atom. The summed E-state index contributed by atoms with van der Waals surface area (Å²) in [5, 5.41) is 0. The van der Waals surface area contributed by atoms with Gasteiger partial charge in [-0.15, -0.1) is 0 Å². The number of ketones is 1. The maximum Gasteiger partial charge on any atom is 0.196 e. The van der Waals surface area contributed by atoms with Crippen molar-refractivity contribution in [3.8, 4) is 0 Å². The van der Waals surface area contributed by atoms with Crippen LogP contribution in [0.1, 0.15) is 32.8 Å². The molecule has 0 saturated carbocycles. The Morgan fingerprint density at radius 3 is 2.41 bits per heavy atom.